The number of anilines is 1. The molecule has 2 aromatic carbocycles. The summed E-state index contributed by atoms with van der Waals surface area (Å²) in [6.07, 6.45) is 2.64. The van der Waals surface area contributed by atoms with Crippen molar-refractivity contribution in [1.29, 1.82) is 0 Å². The summed E-state index contributed by atoms with van der Waals surface area (Å²) in [6.45, 7) is 3.60. The van der Waals surface area contributed by atoms with Gasteiger partial charge in [0.2, 0.25) is 5.91 Å². The zero-order chi connectivity index (χ0) is 21.4. The summed E-state index contributed by atoms with van der Waals surface area (Å²) in [5.41, 5.74) is 2.71. The van der Waals surface area contributed by atoms with Gasteiger partial charge in [-0.25, -0.2) is 18.4 Å². The Hall–Kier alpha value is -3.88. The molecule has 0 bridgehead atoms. The number of aromatic nitrogens is 4. The van der Waals surface area contributed by atoms with Gasteiger partial charge < -0.3 is 5.32 Å². The zero-order valence-electron chi connectivity index (χ0n) is 16.2. The van der Waals surface area contributed by atoms with Crippen molar-refractivity contribution >= 4 is 22.6 Å². The van der Waals surface area contributed by atoms with Gasteiger partial charge in [-0.2, -0.15) is 5.10 Å². The number of benzene rings is 2. The van der Waals surface area contributed by atoms with E-state index in [-0.39, 0.29) is 17.6 Å². The third-order valence-corrected chi connectivity index (χ3v) is 4.81. The number of carbonyl (C=O) groups is 1. The van der Waals surface area contributed by atoms with Crippen LogP contribution in [0.25, 0.3) is 16.7 Å². The van der Waals surface area contributed by atoms with E-state index in [4.69, 9.17) is 0 Å². The summed E-state index contributed by atoms with van der Waals surface area (Å²) >= 11 is 0. The van der Waals surface area contributed by atoms with E-state index < -0.39 is 23.1 Å². The molecule has 4 aromatic rings. The van der Waals surface area contributed by atoms with Gasteiger partial charge in [0.05, 0.1) is 17.6 Å². The lowest BCUT2D eigenvalue weighted by atomic mass is 10.1. The number of fused-ring (bicyclic) bond motifs is 1. The molecule has 152 valence electrons. The summed E-state index contributed by atoms with van der Waals surface area (Å²) in [4.78, 5) is 29.3. The highest BCUT2D eigenvalue weighted by Gasteiger charge is 2.14. The fourth-order valence-corrected chi connectivity index (χ4v) is 3.04. The molecule has 0 spiro atoms. The zero-order valence-corrected chi connectivity index (χ0v) is 16.2. The summed E-state index contributed by atoms with van der Waals surface area (Å²) in [6, 6.07) is 8.58. The first kappa shape index (κ1) is 19.4. The molecule has 0 radical (unpaired) electrons. The standard InChI is InChI=1S/C21H17F2N5O2/c1-12-3-5-15(7-13(12)2)28-20-16(9-25-28)21(30)27(11-24-20)10-19(29)26-18-6-4-14(22)8-17(18)23/h3-9,11H,10H2,1-2H3,(H,26,29). The van der Waals surface area contributed by atoms with Crippen LogP contribution in [-0.2, 0) is 11.3 Å². The number of nitrogens with one attached hydrogen (secondary N) is 1. The first-order chi connectivity index (χ1) is 14.3. The average molecular weight is 409 g/mol. The Balaban J connectivity index is 1.62. The molecular formula is C21H17F2N5O2. The van der Waals surface area contributed by atoms with E-state index in [1.165, 1.54) is 12.5 Å². The predicted octanol–water partition coefficient (Wildman–Crippen LogP) is 3.12. The van der Waals surface area contributed by atoms with Crippen molar-refractivity contribution in [3.63, 3.8) is 0 Å². The maximum atomic E-state index is 13.7. The lowest BCUT2D eigenvalue weighted by molar-refractivity contribution is -0.116. The molecule has 2 aromatic heterocycles. The highest BCUT2D eigenvalue weighted by atomic mass is 19.1. The predicted molar refractivity (Wildman–Crippen MR) is 108 cm³/mol. The third-order valence-electron chi connectivity index (χ3n) is 4.81. The molecule has 0 saturated heterocycles. The Bertz CT molecular complexity index is 1340. The largest absolute Gasteiger partial charge is 0.322 e. The topological polar surface area (TPSA) is 81.8 Å². The van der Waals surface area contributed by atoms with Gasteiger partial charge in [0.1, 0.15) is 29.9 Å². The van der Waals surface area contributed by atoms with E-state index >= 15 is 0 Å². The van der Waals surface area contributed by atoms with Gasteiger partial charge in [0.25, 0.3) is 5.56 Å². The van der Waals surface area contributed by atoms with Gasteiger partial charge >= 0.3 is 0 Å². The van der Waals surface area contributed by atoms with Gasteiger partial charge in [0.15, 0.2) is 5.65 Å². The Morgan fingerprint density at radius 2 is 1.90 bits per heavy atom. The number of hydrogen-bond donors (Lipinski definition) is 1. The number of rotatable bonds is 4. The van der Waals surface area contributed by atoms with E-state index in [1.807, 2.05) is 32.0 Å². The van der Waals surface area contributed by atoms with Crippen LogP contribution in [0.1, 0.15) is 11.1 Å². The van der Waals surface area contributed by atoms with Gasteiger partial charge in [-0.05, 0) is 49.2 Å². The molecule has 0 aliphatic rings. The molecule has 1 amide bonds. The van der Waals surface area contributed by atoms with Crippen molar-refractivity contribution in [3.05, 3.63) is 82.0 Å². The van der Waals surface area contributed by atoms with E-state index in [1.54, 1.807) is 4.68 Å². The molecule has 9 heteroatoms. The highest BCUT2D eigenvalue weighted by molar-refractivity contribution is 5.90. The van der Waals surface area contributed by atoms with E-state index in [2.05, 4.69) is 15.4 Å². The summed E-state index contributed by atoms with van der Waals surface area (Å²) < 4.78 is 29.4. The van der Waals surface area contributed by atoms with Crippen LogP contribution in [0.4, 0.5) is 14.5 Å². The minimum Gasteiger partial charge on any atom is -0.322 e. The monoisotopic (exact) mass is 409 g/mol. The number of hydrogen-bond acceptors (Lipinski definition) is 4. The summed E-state index contributed by atoms with van der Waals surface area (Å²) in [7, 11) is 0. The third kappa shape index (κ3) is 3.57. The lowest BCUT2D eigenvalue weighted by Crippen LogP contribution is -2.28. The second-order valence-electron chi connectivity index (χ2n) is 6.91. The van der Waals surface area contributed by atoms with Gasteiger partial charge in [-0.1, -0.05) is 6.07 Å². The van der Waals surface area contributed by atoms with E-state index in [0.717, 1.165) is 33.5 Å². The molecule has 0 atom stereocenters. The highest BCUT2D eigenvalue weighted by Crippen LogP contribution is 2.17. The van der Waals surface area contributed by atoms with Crippen molar-refractivity contribution < 1.29 is 13.6 Å². The fourth-order valence-electron chi connectivity index (χ4n) is 3.04. The molecule has 1 N–H and O–H groups in total. The Morgan fingerprint density at radius 1 is 1.10 bits per heavy atom. The van der Waals surface area contributed by atoms with Crippen molar-refractivity contribution in [2.75, 3.05) is 5.32 Å². The number of carbonyl (C=O) groups excluding carboxylic acids is 1. The first-order valence-electron chi connectivity index (χ1n) is 9.09. The number of aryl methyl sites for hydroxylation is 2. The van der Waals surface area contributed by atoms with Crippen LogP contribution in [0.5, 0.6) is 0 Å². The number of halogens is 2. The van der Waals surface area contributed by atoms with E-state index in [9.17, 15) is 18.4 Å². The van der Waals surface area contributed by atoms with Gasteiger partial charge in [0, 0.05) is 6.07 Å². The van der Waals surface area contributed by atoms with Crippen molar-refractivity contribution in [3.8, 4) is 5.69 Å². The fraction of sp³-hybridized carbons (Fsp3) is 0.143. The van der Waals surface area contributed by atoms with Crippen LogP contribution in [0.15, 0.2) is 53.7 Å². The van der Waals surface area contributed by atoms with Crippen molar-refractivity contribution in [2.45, 2.75) is 20.4 Å². The number of nitrogens with zero attached hydrogens (tertiary/aromatic N) is 4. The molecule has 0 aliphatic carbocycles. The first-order valence-corrected chi connectivity index (χ1v) is 9.09. The summed E-state index contributed by atoms with van der Waals surface area (Å²) in [5, 5.41) is 6.82. The number of amides is 1. The lowest BCUT2D eigenvalue weighted by Gasteiger charge is -2.09. The summed E-state index contributed by atoms with van der Waals surface area (Å²) in [5.74, 6) is -2.30. The van der Waals surface area contributed by atoms with Crippen LogP contribution in [0, 0.1) is 25.5 Å². The van der Waals surface area contributed by atoms with Gasteiger partial charge in [-0.15, -0.1) is 0 Å². The molecule has 7 nitrogen and oxygen atoms in total. The van der Waals surface area contributed by atoms with Crippen LogP contribution in [0.3, 0.4) is 0 Å². The Labute approximate surface area is 169 Å². The van der Waals surface area contributed by atoms with Crippen molar-refractivity contribution in [1.82, 2.24) is 19.3 Å². The van der Waals surface area contributed by atoms with Crippen molar-refractivity contribution in [2.24, 2.45) is 0 Å². The maximum Gasteiger partial charge on any atom is 0.264 e. The van der Waals surface area contributed by atoms with E-state index in [0.29, 0.717) is 11.7 Å². The molecule has 2 heterocycles. The SMILES string of the molecule is Cc1ccc(-n2ncc3c(=O)n(CC(=O)Nc4ccc(F)cc4F)cnc32)cc1C. The van der Waals surface area contributed by atoms with Crippen LogP contribution >= 0.6 is 0 Å². The molecular weight excluding hydrogens is 392 g/mol. The smallest absolute Gasteiger partial charge is 0.264 e. The molecule has 30 heavy (non-hydrogen) atoms. The molecule has 4 rings (SSSR count). The normalized spacial score (nSPS) is 11.1. The van der Waals surface area contributed by atoms with Crippen LogP contribution in [0.2, 0.25) is 0 Å². The molecule has 0 saturated carbocycles. The average Bonchev–Trinajstić information content (AvgIpc) is 3.13. The second kappa shape index (κ2) is 7.51. The maximum absolute atomic E-state index is 13.7. The molecule has 0 aliphatic heterocycles. The molecule has 0 fully saturated rings. The Kier molecular flexibility index (Phi) is 4.86. The van der Waals surface area contributed by atoms with Gasteiger partial charge in [-0.3, -0.25) is 14.2 Å². The Morgan fingerprint density at radius 3 is 2.63 bits per heavy atom. The second-order valence-corrected chi connectivity index (χ2v) is 6.91. The quantitative estimate of drug-likeness (QED) is 0.562. The molecule has 0 unspecified atom stereocenters. The minimum atomic E-state index is -0.904. The van der Waals surface area contributed by atoms with Crippen LogP contribution < -0.4 is 10.9 Å². The van der Waals surface area contributed by atoms with Crippen LogP contribution in [-0.4, -0.2) is 25.2 Å². The minimum absolute atomic E-state index is 0.175.